The zero-order valence-electron chi connectivity index (χ0n) is 40.9. The minimum Gasteiger partial charge on any atom is -0.497 e. The number of urea groups is 1. The SMILES string of the molecule is CCSC1CC(=O)N(CCOC(OCC/C(C)=N\NC(=O)Nc2ccc3[nH]c(C(=O)Nc4ccc5[nH]c(C(=O)N6CC(CCl)c7c6cc(OC(C)=O)c6ccccc76)cc5c4)cc3c2)c2ccc(OC)cc2)C1=O. The predicted molar refractivity (Wildman–Crippen MR) is 286 cm³/mol. The number of ether oxygens (including phenoxy) is 4. The minimum absolute atomic E-state index is 0.0730. The van der Waals surface area contributed by atoms with Gasteiger partial charge in [-0.1, -0.05) is 43.3 Å². The lowest BCUT2D eigenvalue weighted by atomic mass is 9.95. The molecule has 3 atom stereocenters. The number of carbonyl (C=O) groups is 6. The van der Waals surface area contributed by atoms with Gasteiger partial charge in [0.1, 0.15) is 22.9 Å². The topological polar surface area (TPSA) is 226 Å². The van der Waals surface area contributed by atoms with E-state index in [0.717, 1.165) is 22.1 Å². The molecule has 0 aliphatic carbocycles. The number of nitrogens with one attached hydrogen (secondary N) is 5. The number of halogens is 1. The summed E-state index contributed by atoms with van der Waals surface area (Å²) in [5.41, 5.74) is 8.27. The van der Waals surface area contributed by atoms with Crippen molar-refractivity contribution in [3.8, 4) is 11.5 Å². The second-order valence-corrected chi connectivity index (χ2v) is 19.5. The number of H-pyrrole nitrogens is 2. The van der Waals surface area contributed by atoms with Crippen LogP contribution in [0.2, 0.25) is 0 Å². The molecule has 0 bridgehead atoms. The van der Waals surface area contributed by atoms with Crippen LogP contribution in [0.1, 0.15) is 77.9 Å². The Morgan fingerprint density at radius 3 is 2.20 bits per heavy atom. The van der Waals surface area contributed by atoms with E-state index < -0.39 is 24.2 Å². The molecule has 0 spiro atoms. The average Bonchev–Trinajstić information content (AvgIpc) is 4.19. The number of hydrogen-bond donors (Lipinski definition) is 5. The Morgan fingerprint density at radius 2 is 1.51 bits per heavy atom. The number of amides is 6. The molecule has 1 fully saturated rings. The molecule has 2 aliphatic rings. The second kappa shape index (κ2) is 22.6. The smallest absolute Gasteiger partial charge is 0.339 e. The Morgan fingerprint density at radius 1 is 0.838 bits per heavy atom. The molecule has 382 valence electrons. The second-order valence-electron chi connectivity index (χ2n) is 17.7. The lowest BCUT2D eigenvalue weighted by Crippen LogP contribution is -2.34. The maximum absolute atomic E-state index is 14.2. The van der Waals surface area contributed by atoms with E-state index in [9.17, 15) is 28.8 Å². The standard InChI is InChI=1S/C54H53ClN8O10S/c1-5-74-47-27-48(65)62(52(47)68)19-21-72-53(32-10-14-38(70-4)15-11-32)71-20-18-30(2)60-61-54(69)57-37-13-17-41-33(23-37)24-43(58-41)50(66)56-36-12-16-42-34(22-36)25-44(59-42)51(67)63-29-35(28-55)49-40-9-7-6-8-39(40)46(26-45(49)63)73-31(3)64/h6-17,22-26,35,47,53,58-59H,5,18-21,27-29H2,1-4H3,(H,56,66)(H2,57,61,69)/b60-30-. The summed E-state index contributed by atoms with van der Waals surface area (Å²) in [5.74, 6) is 0.329. The van der Waals surface area contributed by atoms with E-state index in [1.807, 2.05) is 43.3 Å². The van der Waals surface area contributed by atoms with Crippen molar-refractivity contribution in [2.75, 3.05) is 60.6 Å². The Kier molecular flexibility index (Phi) is 15.6. The zero-order valence-corrected chi connectivity index (χ0v) is 42.5. The number of carbonyl (C=O) groups excluding carboxylic acids is 6. The number of hydrogen-bond acceptors (Lipinski definition) is 12. The lowest BCUT2D eigenvalue weighted by molar-refractivity contribution is -0.155. The first-order chi connectivity index (χ1) is 35.8. The van der Waals surface area contributed by atoms with Gasteiger partial charge < -0.3 is 44.4 Å². The number of aromatic nitrogens is 2. The third kappa shape index (κ3) is 11.3. The first-order valence-electron chi connectivity index (χ1n) is 23.9. The highest BCUT2D eigenvalue weighted by atomic mass is 35.5. The molecular weight excluding hydrogens is 988 g/mol. The van der Waals surface area contributed by atoms with Crippen LogP contribution in [0.4, 0.5) is 21.9 Å². The van der Waals surface area contributed by atoms with Gasteiger partial charge in [-0.05, 0) is 84.3 Å². The van der Waals surface area contributed by atoms with Crippen LogP contribution in [0.3, 0.4) is 0 Å². The summed E-state index contributed by atoms with van der Waals surface area (Å²) < 4.78 is 23.0. The Bertz CT molecular complexity index is 3340. The van der Waals surface area contributed by atoms with Crippen LogP contribution in [0, 0.1) is 0 Å². The molecular formula is C54H53ClN8O10S. The number of hydrazone groups is 1. The van der Waals surface area contributed by atoms with Gasteiger partial charge in [-0.15, -0.1) is 23.4 Å². The Labute approximate surface area is 434 Å². The molecule has 1 saturated heterocycles. The van der Waals surface area contributed by atoms with E-state index in [1.165, 1.54) is 23.6 Å². The van der Waals surface area contributed by atoms with Crippen molar-refractivity contribution in [2.24, 2.45) is 5.10 Å². The third-order valence-electron chi connectivity index (χ3n) is 12.7. The summed E-state index contributed by atoms with van der Waals surface area (Å²) in [4.78, 5) is 87.2. The van der Waals surface area contributed by atoms with Gasteiger partial charge >= 0.3 is 12.0 Å². The molecule has 0 radical (unpaired) electrons. The van der Waals surface area contributed by atoms with Crippen LogP contribution >= 0.6 is 23.4 Å². The van der Waals surface area contributed by atoms with Crippen molar-refractivity contribution in [1.82, 2.24) is 20.3 Å². The Hall–Kier alpha value is -7.71. The van der Waals surface area contributed by atoms with E-state index in [-0.39, 0.29) is 66.6 Å². The molecule has 2 aromatic heterocycles. The molecule has 6 amide bonds. The van der Waals surface area contributed by atoms with E-state index in [4.69, 9.17) is 30.5 Å². The number of benzene rings is 5. The summed E-state index contributed by atoms with van der Waals surface area (Å²) in [5, 5.41) is 12.5. The van der Waals surface area contributed by atoms with Gasteiger partial charge in [0.2, 0.25) is 11.8 Å². The van der Waals surface area contributed by atoms with Crippen LogP contribution in [-0.2, 0) is 23.9 Å². The summed E-state index contributed by atoms with van der Waals surface area (Å²) in [6, 6.07) is 29.8. The van der Waals surface area contributed by atoms with E-state index >= 15 is 0 Å². The van der Waals surface area contributed by atoms with Gasteiger partial charge in [-0.25, -0.2) is 10.2 Å². The van der Waals surface area contributed by atoms with Crippen LogP contribution in [0.15, 0.2) is 108 Å². The largest absolute Gasteiger partial charge is 0.497 e. The first kappa shape index (κ1) is 51.2. The fraction of sp³-hybridized carbons (Fsp3) is 0.278. The van der Waals surface area contributed by atoms with Crippen LogP contribution in [0.25, 0.3) is 32.6 Å². The van der Waals surface area contributed by atoms with Gasteiger partial charge in [-0.2, -0.15) is 5.10 Å². The van der Waals surface area contributed by atoms with E-state index in [2.05, 4.69) is 31.1 Å². The highest BCUT2D eigenvalue weighted by molar-refractivity contribution is 8.00. The number of methoxy groups -OCH3 is 1. The fourth-order valence-corrected chi connectivity index (χ4v) is 10.3. The number of alkyl halides is 1. The maximum Gasteiger partial charge on any atom is 0.339 e. The summed E-state index contributed by atoms with van der Waals surface area (Å²) in [7, 11) is 1.57. The molecule has 7 aromatic rings. The van der Waals surface area contributed by atoms with Gasteiger partial charge in [0, 0.05) is 94.0 Å². The normalized spacial score (nSPS) is 16.0. The number of thioether (sulfide) groups is 1. The van der Waals surface area contributed by atoms with Crippen molar-refractivity contribution >= 4 is 114 Å². The van der Waals surface area contributed by atoms with Gasteiger partial charge in [0.15, 0.2) is 6.29 Å². The van der Waals surface area contributed by atoms with Crippen LogP contribution in [0.5, 0.6) is 11.5 Å². The van der Waals surface area contributed by atoms with Crippen LogP contribution < -0.4 is 30.4 Å². The zero-order chi connectivity index (χ0) is 52.0. The molecule has 0 saturated carbocycles. The summed E-state index contributed by atoms with van der Waals surface area (Å²) >= 11 is 7.93. The monoisotopic (exact) mass is 1040 g/mol. The predicted octanol–water partition coefficient (Wildman–Crippen LogP) is 9.47. The van der Waals surface area contributed by atoms with Crippen molar-refractivity contribution in [3.63, 3.8) is 0 Å². The molecule has 5 aromatic carbocycles. The average molecular weight is 1040 g/mol. The highest BCUT2D eigenvalue weighted by Crippen LogP contribution is 2.46. The number of esters is 1. The van der Waals surface area contributed by atoms with Crippen LogP contribution in [-0.4, -0.2) is 107 Å². The number of likely N-dealkylation sites (tertiary alicyclic amines) is 1. The molecule has 18 nitrogen and oxygen atoms in total. The van der Waals surface area contributed by atoms with Crippen molar-refractivity contribution in [2.45, 2.75) is 51.1 Å². The number of anilines is 3. The van der Waals surface area contributed by atoms with Gasteiger partial charge in [0.05, 0.1) is 37.8 Å². The highest BCUT2D eigenvalue weighted by Gasteiger charge is 2.39. The molecule has 5 N–H and O–H groups in total. The fourth-order valence-electron chi connectivity index (χ4n) is 9.12. The molecule has 4 heterocycles. The number of rotatable bonds is 19. The van der Waals surface area contributed by atoms with Gasteiger partial charge in [0.25, 0.3) is 11.8 Å². The maximum atomic E-state index is 14.2. The van der Waals surface area contributed by atoms with Crippen molar-refractivity contribution < 1.29 is 47.7 Å². The third-order valence-corrected chi connectivity index (χ3v) is 14.1. The Balaban J connectivity index is 0.785. The summed E-state index contributed by atoms with van der Waals surface area (Å²) in [6.07, 6.45) is -0.277. The van der Waals surface area contributed by atoms with Gasteiger partial charge in [-0.3, -0.25) is 28.9 Å². The van der Waals surface area contributed by atoms with E-state index in [0.29, 0.717) is 80.3 Å². The molecule has 2 aliphatic heterocycles. The molecule has 3 unspecified atom stereocenters. The number of imide groups is 1. The molecule has 9 rings (SSSR count). The number of aromatic amines is 2. The number of fused-ring (bicyclic) bond motifs is 5. The van der Waals surface area contributed by atoms with E-state index in [1.54, 1.807) is 85.7 Å². The first-order valence-corrected chi connectivity index (χ1v) is 25.5. The number of nitrogens with zero attached hydrogens (tertiary/aromatic N) is 3. The van der Waals surface area contributed by atoms with Crippen molar-refractivity contribution in [3.05, 3.63) is 126 Å². The minimum atomic E-state index is -0.810. The van der Waals surface area contributed by atoms with Crippen molar-refractivity contribution in [1.29, 1.82) is 0 Å². The molecule has 74 heavy (non-hydrogen) atoms. The quantitative estimate of drug-likeness (QED) is 0.00975. The lowest BCUT2D eigenvalue weighted by Gasteiger charge is -2.21. The molecule has 20 heteroatoms. The summed E-state index contributed by atoms with van der Waals surface area (Å²) in [6.45, 7) is 5.74.